The highest BCUT2D eigenvalue weighted by atomic mass is 15.0. The van der Waals surface area contributed by atoms with Crippen molar-refractivity contribution >= 4 is 0 Å². The van der Waals surface area contributed by atoms with Crippen LogP contribution in [0.4, 0.5) is 0 Å². The normalized spacial score (nSPS) is 14.5. The van der Waals surface area contributed by atoms with Crippen molar-refractivity contribution in [3.8, 4) is 33.6 Å². The highest BCUT2D eigenvalue weighted by Crippen LogP contribution is 2.30. The summed E-state index contributed by atoms with van der Waals surface area (Å²) in [6.45, 7) is 3.29. The third kappa shape index (κ3) is 4.45. The highest BCUT2D eigenvalue weighted by Gasteiger charge is 2.26. The monoisotopic (exact) mass is 405 g/mol. The second kappa shape index (κ2) is 9.28. The second-order valence-corrected chi connectivity index (χ2v) is 8.42. The summed E-state index contributed by atoms with van der Waals surface area (Å²) >= 11 is 0. The van der Waals surface area contributed by atoms with Crippen LogP contribution in [-0.4, -0.2) is 13.1 Å². The molecule has 0 radical (unpaired) electrons. The molecule has 1 aromatic heterocycles. The van der Waals surface area contributed by atoms with E-state index in [1.165, 1.54) is 46.5 Å². The minimum Gasteiger partial charge on any atom is -0.317 e. The molecule has 2 heterocycles. The molecule has 4 aromatic rings. The summed E-state index contributed by atoms with van der Waals surface area (Å²) in [5.41, 5.74) is 7.64. The maximum absolute atomic E-state index is 3.51. The van der Waals surface area contributed by atoms with Crippen molar-refractivity contribution in [2.45, 2.75) is 19.4 Å². The molecule has 0 saturated carbocycles. The van der Waals surface area contributed by atoms with Gasteiger partial charge >= 0.3 is 0 Å². The summed E-state index contributed by atoms with van der Waals surface area (Å²) in [6.07, 6.45) is 2.46. The Morgan fingerprint density at radius 1 is 0.581 bits per heavy atom. The summed E-state index contributed by atoms with van der Waals surface area (Å²) in [5.74, 6) is 0.693. The average Bonchev–Trinajstić information content (AvgIpc) is 2.86. The first-order valence-electron chi connectivity index (χ1n) is 11.3. The van der Waals surface area contributed by atoms with Crippen molar-refractivity contribution < 1.29 is 4.57 Å². The Morgan fingerprint density at radius 2 is 1.03 bits per heavy atom. The van der Waals surface area contributed by atoms with Crippen molar-refractivity contribution in [3.05, 3.63) is 103 Å². The Morgan fingerprint density at radius 3 is 1.52 bits per heavy atom. The molecule has 0 unspecified atom stereocenters. The fourth-order valence-corrected chi connectivity index (χ4v) is 4.63. The quantitative estimate of drug-likeness (QED) is 0.404. The SMILES string of the molecule is c1ccc(-c2cc(-c3ccccc3)[n+](CC3CCNCC3)c(-c3ccccc3)c2)cc1. The highest BCUT2D eigenvalue weighted by molar-refractivity contribution is 5.73. The van der Waals surface area contributed by atoms with Gasteiger partial charge in [-0.3, -0.25) is 0 Å². The first-order chi connectivity index (χ1) is 15.4. The lowest BCUT2D eigenvalue weighted by molar-refractivity contribution is -0.682. The molecule has 1 aliphatic rings. The number of piperidine rings is 1. The first kappa shape index (κ1) is 19.7. The van der Waals surface area contributed by atoms with E-state index >= 15 is 0 Å². The van der Waals surface area contributed by atoms with E-state index in [0.29, 0.717) is 5.92 Å². The number of benzene rings is 3. The van der Waals surface area contributed by atoms with Crippen LogP contribution in [0, 0.1) is 5.92 Å². The minimum absolute atomic E-state index is 0.693. The van der Waals surface area contributed by atoms with Gasteiger partial charge in [-0.15, -0.1) is 0 Å². The van der Waals surface area contributed by atoms with Gasteiger partial charge in [-0.05, 0) is 61.3 Å². The molecule has 0 spiro atoms. The minimum atomic E-state index is 0.693. The number of pyridine rings is 1. The number of hydrogen-bond donors (Lipinski definition) is 1. The Balaban J connectivity index is 1.73. The van der Waals surface area contributed by atoms with Crippen molar-refractivity contribution in [1.29, 1.82) is 0 Å². The van der Waals surface area contributed by atoms with E-state index in [0.717, 1.165) is 19.6 Å². The molecular formula is C29H29N2+. The number of nitrogens with zero attached hydrogens (tertiary/aromatic N) is 1. The maximum atomic E-state index is 3.51. The Bertz CT molecular complexity index is 1050. The van der Waals surface area contributed by atoms with Crippen molar-refractivity contribution in [2.75, 3.05) is 13.1 Å². The summed E-state index contributed by atoms with van der Waals surface area (Å²) in [7, 11) is 0. The van der Waals surface area contributed by atoms with Gasteiger partial charge in [0.1, 0.15) is 0 Å². The van der Waals surface area contributed by atoms with Crippen LogP contribution < -0.4 is 9.88 Å². The average molecular weight is 406 g/mol. The standard InChI is InChI=1S/C29H29N2/c1-4-10-24(11-5-1)27-20-28(25-12-6-2-7-13-25)31(22-23-16-18-30-19-17-23)29(21-27)26-14-8-3-9-15-26/h1-15,20-21,23,30H,16-19,22H2/q+1. The molecule has 3 aromatic carbocycles. The fraction of sp³-hybridized carbons (Fsp3) is 0.207. The molecule has 0 bridgehead atoms. The predicted octanol–water partition coefficient (Wildman–Crippen LogP) is 5.97. The van der Waals surface area contributed by atoms with Gasteiger partial charge in [-0.25, -0.2) is 0 Å². The smallest absolute Gasteiger partial charge is 0.213 e. The largest absolute Gasteiger partial charge is 0.317 e. The van der Waals surface area contributed by atoms with E-state index in [9.17, 15) is 0 Å². The predicted molar refractivity (Wildman–Crippen MR) is 129 cm³/mol. The molecule has 1 N–H and O–H groups in total. The van der Waals surface area contributed by atoms with Gasteiger partial charge in [0.05, 0.1) is 0 Å². The number of hydrogen-bond acceptors (Lipinski definition) is 1. The zero-order chi connectivity index (χ0) is 20.9. The summed E-state index contributed by atoms with van der Waals surface area (Å²) in [5, 5.41) is 3.51. The molecule has 31 heavy (non-hydrogen) atoms. The maximum Gasteiger partial charge on any atom is 0.213 e. The van der Waals surface area contributed by atoms with E-state index in [-0.39, 0.29) is 0 Å². The van der Waals surface area contributed by atoms with E-state index in [4.69, 9.17) is 0 Å². The Hall–Kier alpha value is -3.23. The second-order valence-electron chi connectivity index (χ2n) is 8.42. The summed E-state index contributed by atoms with van der Waals surface area (Å²) in [4.78, 5) is 0. The van der Waals surface area contributed by atoms with Gasteiger partial charge in [0, 0.05) is 29.2 Å². The Kier molecular flexibility index (Phi) is 5.90. The molecular weight excluding hydrogens is 376 g/mol. The van der Waals surface area contributed by atoms with Crippen LogP contribution in [0.1, 0.15) is 12.8 Å². The van der Waals surface area contributed by atoms with Crippen molar-refractivity contribution in [2.24, 2.45) is 5.92 Å². The van der Waals surface area contributed by atoms with Crippen LogP contribution >= 0.6 is 0 Å². The summed E-state index contributed by atoms with van der Waals surface area (Å²) < 4.78 is 2.56. The van der Waals surface area contributed by atoms with Gasteiger partial charge in [-0.2, -0.15) is 4.57 Å². The number of nitrogens with one attached hydrogen (secondary N) is 1. The third-order valence-electron chi connectivity index (χ3n) is 6.31. The molecule has 0 atom stereocenters. The first-order valence-corrected chi connectivity index (χ1v) is 11.3. The molecule has 1 fully saturated rings. The molecule has 1 aliphatic heterocycles. The lowest BCUT2D eigenvalue weighted by Gasteiger charge is -2.22. The molecule has 5 rings (SSSR count). The molecule has 0 amide bonds. The van der Waals surface area contributed by atoms with Crippen LogP contribution in [0.3, 0.4) is 0 Å². The van der Waals surface area contributed by atoms with E-state index in [1.54, 1.807) is 0 Å². The topological polar surface area (TPSA) is 15.9 Å². The van der Waals surface area contributed by atoms with Crippen LogP contribution in [-0.2, 0) is 6.54 Å². The molecule has 2 nitrogen and oxygen atoms in total. The number of rotatable bonds is 5. The van der Waals surface area contributed by atoms with Gasteiger partial charge in [0.2, 0.25) is 11.4 Å². The van der Waals surface area contributed by atoms with E-state index in [2.05, 4.69) is 113 Å². The molecule has 154 valence electrons. The number of aromatic nitrogens is 1. The van der Waals surface area contributed by atoms with Gasteiger partial charge in [-0.1, -0.05) is 66.7 Å². The zero-order valence-electron chi connectivity index (χ0n) is 17.9. The van der Waals surface area contributed by atoms with Crippen molar-refractivity contribution in [3.63, 3.8) is 0 Å². The van der Waals surface area contributed by atoms with E-state index in [1.807, 2.05) is 0 Å². The third-order valence-corrected chi connectivity index (χ3v) is 6.31. The van der Waals surface area contributed by atoms with Crippen LogP contribution in [0.2, 0.25) is 0 Å². The lowest BCUT2D eigenvalue weighted by Crippen LogP contribution is -2.44. The van der Waals surface area contributed by atoms with Crippen LogP contribution in [0.25, 0.3) is 33.6 Å². The fourth-order valence-electron chi connectivity index (χ4n) is 4.63. The van der Waals surface area contributed by atoms with Gasteiger partial charge in [0.15, 0.2) is 6.54 Å². The van der Waals surface area contributed by atoms with E-state index < -0.39 is 0 Å². The Labute approximate surface area is 185 Å². The van der Waals surface area contributed by atoms with Gasteiger partial charge < -0.3 is 5.32 Å². The van der Waals surface area contributed by atoms with Crippen LogP contribution in [0.5, 0.6) is 0 Å². The molecule has 0 aliphatic carbocycles. The lowest BCUT2D eigenvalue weighted by atomic mass is 9.95. The van der Waals surface area contributed by atoms with Crippen molar-refractivity contribution in [1.82, 2.24) is 5.32 Å². The summed E-state index contributed by atoms with van der Waals surface area (Å²) in [6, 6.07) is 37.2. The molecule has 2 heteroatoms. The van der Waals surface area contributed by atoms with Gasteiger partial charge in [0.25, 0.3) is 0 Å². The van der Waals surface area contributed by atoms with Crippen LogP contribution in [0.15, 0.2) is 103 Å². The molecule has 1 saturated heterocycles. The zero-order valence-corrected chi connectivity index (χ0v) is 17.9.